The van der Waals surface area contributed by atoms with Crippen LogP contribution >= 0.6 is 0 Å². The van der Waals surface area contributed by atoms with Crippen molar-refractivity contribution in [1.82, 2.24) is 5.32 Å². The maximum absolute atomic E-state index is 11.5. The van der Waals surface area contributed by atoms with Gasteiger partial charge in [-0.25, -0.2) is 0 Å². The Labute approximate surface area is 93.8 Å². The Morgan fingerprint density at radius 3 is 2.27 bits per heavy atom. The second kappa shape index (κ2) is 7.69. The average Bonchev–Trinajstić information content (AvgIpc) is 2.14. The minimum absolute atomic E-state index is 0.129. The molecule has 3 N–H and O–H groups in total. The van der Waals surface area contributed by atoms with Gasteiger partial charge in [-0.05, 0) is 38.1 Å². The van der Waals surface area contributed by atoms with Crippen LogP contribution in [0.1, 0.15) is 47.0 Å². The third kappa shape index (κ3) is 8.43. The topological polar surface area (TPSA) is 55.1 Å². The van der Waals surface area contributed by atoms with E-state index in [0.29, 0.717) is 18.9 Å². The van der Waals surface area contributed by atoms with Crippen molar-refractivity contribution in [3.05, 3.63) is 0 Å². The molecule has 0 saturated heterocycles. The van der Waals surface area contributed by atoms with Crippen molar-refractivity contribution in [2.24, 2.45) is 17.6 Å². The van der Waals surface area contributed by atoms with Gasteiger partial charge in [0, 0.05) is 12.5 Å². The molecule has 0 aromatic rings. The molecule has 1 amide bonds. The molecular weight excluding hydrogens is 188 g/mol. The maximum Gasteiger partial charge on any atom is 0.220 e. The number of nitrogens with one attached hydrogen (secondary N) is 1. The van der Waals surface area contributed by atoms with Gasteiger partial charge in [0.25, 0.3) is 0 Å². The summed E-state index contributed by atoms with van der Waals surface area (Å²) in [5.74, 6) is 1.11. The molecule has 0 saturated carbocycles. The molecule has 0 heterocycles. The summed E-state index contributed by atoms with van der Waals surface area (Å²) in [4.78, 5) is 11.5. The van der Waals surface area contributed by atoms with E-state index in [9.17, 15) is 4.79 Å². The van der Waals surface area contributed by atoms with E-state index in [-0.39, 0.29) is 17.9 Å². The van der Waals surface area contributed by atoms with Gasteiger partial charge >= 0.3 is 0 Å². The Kier molecular flexibility index (Phi) is 7.39. The number of amides is 1. The lowest BCUT2D eigenvalue weighted by Gasteiger charge is -2.16. The second-order valence-electron chi connectivity index (χ2n) is 4.98. The fourth-order valence-corrected chi connectivity index (χ4v) is 1.39. The van der Waals surface area contributed by atoms with Crippen LogP contribution in [-0.4, -0.2) is 18.5 Å². The maximum atomic E-state index is 11.5. The molecule has 3 heteroatoms. The molecule has 2 atom stereocenters. The lowest BCUT2D eigenvalue weighted by atomic mass is 10.0. The molecule has 0 aromatic heterocycles. The molecular formula is C12H26N2O. The summed E-state index contributed by atoms with van der Waals surface area (Å²) in [6, 6.07) is 0.282. The fourth-order valence-electron chi connectivity index (χ4n) is 1.39. The molecule has 0 rings (SSSR count). The summed E-state index contributed by atoms with van der Waals surface area (Å²) in [5.41, 5.74) is 5.47. The van der Waals surface area contributed by atoms with Crippen LogP contribution in [0.25, 0.3) is 0 Å². The molecule has 90 valence electrons. The van der Waals surface area contributed by atoms with Gasteiger partial charge in [0.2, 0.25) is 5.91 Å². The van der Waals surface area contributed by atoms with Crippen LogP contribution in [0.5, 0.6) is 0 Å². The van der Waals surface area contributed by atoms with E-state index < -0.39 is 0 Å². The monoisotopic (exact) mass is 214 g/mol. The zero-order chi connectivity index (χ0) is 11.8. The molecule has 0 aromatic carbocycles. The van der Waals surface area contributed by atoms with E-state index >= 15 is 0 Å². The van der Waals surface area contributed by atoms with Crippen molar-refractivity contribution in [2.75, 3.05) is 6.54 Å². The highest BCUT2D eigenvalue weighted by Crippen LogP contribution is 2.07. The molecule has 3 nitrogen and oxygen atoms in total. The van der Waals surface area contributed by atoms with Crippen LogP contribution in [0.2, 0.25) is 0 Å². The van der Waals surface area contributed by atoms with Gasteiger partial charge in [-0.3, -0.25) is 4.79 Å². The minimum Gasteiger partial charge on any atom is -0.354 e. The van der Waals surface area contributed by atoms with Gasteiger partial charge < -0.3 is 11.1 Å². The Morgan fingerprint density at radius 1 is 1.20 bits per heavy atom. The van der Waals surface area contributed by atoms with Crippen LogP contribution in [0.3, 0.4) is 0 Å². The third-order valence-electron chi connectivity index (χ3n) is 2.52. The summed E-state index contributed by atoms with van der Waals surface area (Å²) in [7, 11) is 0. The van der Waals surface area contributed by atoms with E-state index in [1.165, 1.54) is 0 Å². The third-order valence-corrected chi connectivity index (χ3v) is 2.52. The van der Waals surface area contributed by atoms with Crippen molar-refractivity contribution < 1.29 is 4.79 Å². The van der Waals surface area contributed by atoms with Crippen molar-refractivity contribution in [3.63, 3.8) is 0 Å². The molecule has 0 bridgehead atoms. The Balaban J connectivity index is 3.66. The van der Waals surface area contributed by atoms with E-state index in [0.717, 1.165) is 12.8 Å². The van der Waals surface area contributed by atoms with Crippen LogP contribution < -0.4 is 11.1 Å². The van der Waals surface area contributed by atoms with Crippen molar-refractivity contribution >= 4 is 5.91 Å². The number of carbonyl (C=O) groups excluding carboxylic acids is 1. The van der Waals surface area contributed by atoms with E-state index in [1.54, 1.807) is 0 Å². The summed E-state index contributed by atoms with van der Waals surface area (Å²) in [6.45, 7) is 9.04. The summed E-state index contributed by atoms with van der Waals surface area (Å²) in [6.07, 6.45) is 2.76. The number of rotatable bonds is 7. The van der Waals surface area contributed by atoms with Crippen molar-refractivity contribution in [3.8, 4) is 0 Å². The number of nitrogens with two attached hydrogens (primary N) is 1. The number of hydrogen-bond acceptors (Lipinski definition) is 2. The summed E-state index contributed by atoms with van der Waals surface area (Å²) < 4.78 is 0. The molecule has 2 unspecified atom stereocenters. The van der Waals surface area contributed by atoms with Crippen LogP contribution in [-0.2, 0) is 4.79 Å². The average molecular weight is 214 g/mol. The standard InChI is InChI=1S/C12H26N2O/c1-9(2)5-6-11(4)14-12(15)7-10(3)8-13/h9-11H,5-8,13H2,1-4H3,(H,14,15). The van der Waals surface area contributed by atoms with E-state index in [4.69, 9.17) is 5.73 Å². The van der Waals surface area contributed by atoms with E-state index in [2.05, 4.69) is 26.1 Å². The Hall–Kier alpha value is -0.570. The Bertz CT molecular complexity index is 180. The summed E-state index contributed by atoms with van der Waals surface area (Å²) in [5, 5.41) is 3.01. The fraction of sp³-hybridized carbons (Fsp3) is 0.917. The van der Waals surface area contributed by atoms with Gasteiger partial charge in [-0.15, -0.1) is 0 Å². The largest absolute Gasteiger partial charge is 0.354 e. The highest BCUT2D eigenvalue weighted by molar-refractivity contribution is 5.76. The number of hydrogen-bond donors (Lipinski definition) is 2. The minimum atomic E-state index is 0.129. The normalized spacial score (nSPS) is 15.1. The molecule has 0 spiro atoms. The molecule has 0 fully saturated rings. The lowest BCUT2D eigenvalue weighted by molar-refractivity contribution is -0.122. The zero-order valence-corrected chi connectivity index (χ0v) is 10.5. The second-order valence-corrected chi connectivity index (χ2v) is 4.98. The van der Waals surface area contributed by atoms with Gasteiger partial charge in [0.1, 0.15) is 0 Å². The van der Waals surface area contributed by atoms with Gasteiger partial charge in [-0.1, -0.05) is 20.8 Å². The molecule has 15 heavy (non-hydrogen) atoms. The lowest BCUT2D eigenvalue weighted by Crippen LogP contribution is -2.34. The predicted molar refractivity (Wildman–Crippen MR) is 64.5 cm³/mol. The highest BCUT2D eigenvalue weighted by atomic mass is 16.1. The van der Waals surface area contributed by atoms with Crippen molar-refractivity contribution in [2.45, 2.75) is 53.0 Å². The van der Waals surface area contributed by atoms with Crippen LogP contribution in [0, 0.1) is 11.8 Å². The van der Waals surface area contributed by atoms with Gasteiger partial charge in [-0.2, -0.15) is 0 Å². The van der Waals surface area contributed by atoms with Crippen molar-refractivity contribution in [1.29, 1.82) is 0 Å². The highest BCUT2D eigenvalue weighted by Gasteiger charge is 2.10. The van der Waals surface area contributed by atoms with Gasteiger partial charge in [0.15, 0.2) is 0 Å². The molecule has 0 aliphatic carbocycles. The first-order valence-electron chi connectivity index (χ1n) is 5.95. The predicted octanol–water partition coefficient (Wildman–Crippen LogP) is 1.91. The SMILES string of the molecule is CC(C)CCC(C)NC(=O)CC(C)CN. The Morgan fingerprint density at radius 2 is 1.80 bits per heavy atom. The first-order valence-corrected chi connectivity index (χ1v) is 5.95. The summed E-state index contributed by atoms with van der Waals surface area (Å²) >= 11 is 0. The quantitative estimate of drug-likeness (QED) is 0.680. The first-order chi connectivity index (χ1) is 6.95. The number of carbonyl (C=O) groups is 1. The van der Waals surface area contributed by atoms with Gasteiger partial charge in [0.05, 0.1) is 0 Å². The molecule has 0 aliphatic rings. The van der Waals surface area contributed by atoms with Crippen LogP contribution in [0.4, 0.5) is 0 Å². The van der Waals surface area contributed by atoms with Crippen LogP contribution in [0.15, 0.2) is 0 Å². The van der Waals surface area contributed by atoms with E-state index in [1.807, 2.05) is 6.92 Å². The first kappa shape index (κ1) is 14.4. The smallest absolute Gasteiger partial charge is 0.220 e. The molecule has 0 radical (unpaired) electrons. The molecule has 0 aliphatic heterocycles. The zero-order valence-electron chi connectivity index (χ0n) is 10.5.